The number of urea groups is 2. The number of aromatic amines is 1. The summed E-state index contributed by atoms with van der Waals surface area (Å²) in [6.07, 6.45) is 3.61. The summed E-state index contributed by atoms with van der Waals surface area (Å²) in [7, 11) is 0. The van der Waals surface area contributed by atoms with Gasteiger partial charge in [-0.3, -0.25) is 14.5 Å². The maximum atomic E-state index is 13.8. The Hall–Kier alpha value is -4.34. The van der Waals surface area contributed by atoms with E-state index in [0.29, 0.717) is 19.4 Å². The SMILES string of the molecule is CC(C)(C)NC(=O)N[C@@H](Cc1c[nH]c2ccccc12)C(=O)N[C@@H]1CCCN2C(=O)N(Cc3ccccc3)C(=O)C[C@@H]12. The van der Waals surface area contributed by atoms with E-state index in [1.165, 1.54) is 4.90 Å². The van der Waals surface area contributed by atoms with E-state index in [1.807, 2.05) is 81.6 Å². The lowest BCUT2D eigenvalue weighted by molar-refractivity contribution is -0.135. The summed E-state index contributed by atoms with van der Waals surface area (Å²) in [5.74, 6) is -0.600. The molecular weight excluding hydrogens is 520 g/mol. The molecule has 4 N–H and O–H groups in total. The standard InChI is InChI=1S/C31H38N6O4/c1-31(2,3)35-29(40)34-25(16-21-18-32-23-13-8-7-12-22(21)23)28(39)33-24-14-9-15-36-26(24)17-27(38)37(30(36)41)19-20-10-5-4-6-11-20/h4-8,10-13,18,24-26,32H,9,14-17,19H2,1-3H3,(H,33,39)(H2,34,35,40)/t24-,25+,26+/m1/s1. The van der Waals surface area contributed by atoms with Crippen LogP contribution >= 0.6 is 0 Å². The molecule has 2 aliphatic rings. The van der Waals surface area contributed by atoms with Crippen LogP contribution in [0.3, 0.4) is 0 Å². The van der Waals surface area contributed by atoms with Crippen LogP contribution in [-0.2, 0) is 22.6 Å². The van der Waals surface area contributed by atoms with Gasteiger partial charge >= 0.3 is 12.1 Å². The molecule has 0 unspecified atom stereocenters. The lowest BCUT2D eigenvalue weighted by Crippen LogP contribution is -2.66. The quantitative estimate of drug-likeness (QED) is 0.353. The minimum Gasteiger partial charge on any atom is -0.361 e. The van der Waals surface area contributed by atoms with Crippen molar-refractivity contribution in [2.75, 3.05) is 6.54 Å². The molecule has 216 valence electrons. The molecule has 3 atom stereocenters. The Morgan fingerprint density at radius 1 is 1.05 bits per heavy atom. The largest absolute Gasteiger partial charge is 0.361 e. The van der Waals surface area contributed by atoms with Gasteiger partial charge in [0, 0.05) is 48.1 Å². The molecule has 0 radical (unpaired) electrons. The van der Waals surface area contributed by atoms with Gasteiger partial charge < -0.3 is 25.8 Å². The monoisotopic (exact) mass is 558 g/mol. The normalized spacial score (nSPS) is 20.0. The smallest absolute Gasteiger partial charge is 0.327 e. The van der Waals surface area contributed by atoms with Crippen molar-refractivity contribution in [3.63, 3.8) is 0 Å². The highest BCUT2D eigenvalue weighted by Gasteiger charge is 2.45. The maximum Gasteiger partial charge on any atom is 0.327 e. The molecule has 3 aromatic rings. The van der Waals surface area contributed by atoms with Crippen molar-refractivity contribution in [2.45, 2.75) is 76.7 Å². The molecule has 2 aliphatic heterocycles. The fraction of sp³-hybridized carbons (Fsp3) is 0.419. The molecule has 3 heterocycles. The average molecular weight is 559 g/mol. The van der Waals surface area contributed by atoms with E-state index in [9.17, 15) is 19.2 Å². The molecule has 10 nitrogen and oxygen atoms in total. The molecule has 1 aromatic heterocycles. The van der Waals surface area contributed by atoms with Crippen molar-refractivity contribution in [3.8, 4) is 0 Å². The third kappa shape index (κ3) is 6.53. The lowest BCUT2D eigenvalue weighted by Gasteiger charge is -2.46. The van der Waals surface area contributed by atoms with Crippen molar-refractivity contribution in [2.24, 2.45) is 0 Å². The molecule has 2 aromatic carbocycles. The van der Waals surface area contributed by atoms with Crippen LogP contribution in [-0.4, -0.2) is 68.9 Å². The van der Waals surface area contributed by atoms with Crippen LogP contribution in [0.2, 0.25) is 0 Å². The Morgan fingerprint density at radius 2 is 1.78 bits per heavy atom. The minimum absolute atomic E-state index is 0.134. The molecular formula is C31H38N6O4. The van der Waals surface area contributed by atoms with E-state index in [0.717, 1.165) is 22.0 Å². The topological polar surface area (TPSA) is 127 Å². The highest BCUT2D eigenvalue weighted by Crippen LogP contribution is 2.28. The molecule has 6 amide bonds. The molecule has 0 aliphatic carbocycles. The van der Waals surface area contributed by atoms with Gasteiger partial charge in [0.1, 0.15) is 6.04 Å². The summed E-state index contributed by atoms with van der Waals surface area (Å²) < 4.78 is 0. The summed E-state index contributed by atoms with van der Waals surface area (Å²) in [4.78, 5) is 59.4. The number of hydrogen-bond acceptors (Lipinski definition) is 4. The number of benzene rings is 2. The number of aromatic nitrogens is 1. The van der Waals surface area contributed by atoms with Gasteiger partial charge in [0.15, 0.2) is 0 Å². The van der Waals surface area contributed by atoms with Crippen LogP contribution in [0.5, 0.6) is 0 Å². The molecule has 0 spiro atoms. The molecule has 0 bridgehead atoms. The number of para-hydroxylation sites is 1. The number of nitrogens with zero attached hydrogens (tertiary/aromatic N) is 2. The fourth-order valence-corrected chi connectivity index (χ4v) is 5.74. The molecule has 2 saturated heterocycles. The molecule has 2 fully saturated rings. The van der Waals surface area contributed by atoms with E-state index in [4.69, 9.17) is 0 Å². The average Bonchev–Trinajstić information content (AvgIpc) is 3.33. The van der Waals surface area contributed by atoms with Crippen molar-refractivity contribution in [1.82, 2.24) is 30.7 Å². The van der Waals surface area contributed by atoms with E-state index in [1.54, 1.807) is 4.90 Å². The second-order valence-corrected chi connectivity index (χ2v) is 11.9. The van der Waals surface area contributed by atoms with Crippen LogP contribution in [0, 0.1) is 0 Å². The van der Waals surface area contributed by atoms with E-state index >= 15 is 0 Å². The van der Waals surface area contributed by atoms with Gasteiger partial charge in [0.25, 0.3) is 0 Å². The first-order chi connectivity index (χ1) is 19.6. The zero-order chi connectivity index (χ0) is 29.1. The third-order valence-electron chi connectivity index (χ3n) is 7.66. The molecule has 41 heavy (non-hydrogen) atoms. The van der Waals surface area contributed by atoms with Gasteiger partial charge in [-0.25, -0.2) is 9.59 Å². The second kappa shape index (κ2) is 11.6. The van der Waals surface area contributed by atoms with Crippen LogP contribution in [0.25, 0.3) is 10.9 Å². The van der Waals surface area contributed by atoms with Gasteiger partial charge in [-0.2, -0.15) is 0 Å². The van der Waals surface area contributed by atoms with Crippen LogP contribution in [0.4, 0.5) is 9.59 Å². The summed E-state index contributed by atoms with van der Waals surface area (Å²) in [6, 6.07) is 14.8. The number of H-pyrrole nitrogens is 1. The Balaban J connectivity index is 1.32. The van der Waals surface area contributed by atoms with Crippen molar-refractivity contribution in [3.05, 3.63) is 71.9 Å². The number of imide groups is 1. The Kier molecular flexibility index (Phi) is 8.01. The van der Waals surface area contributed by atoms with Crippen LogP contribution in [0.1, 0.15) is 51.2 Å². The van der Waals surface area contributed by atoms with Gasteiger partial charge in [0.05, 0.1) is 12.6 Å². The first-order valence-corrected chi connectivity index (χ1v) is 14.2. The summed E-state index contributed by atoms with van der Waals surface area (Å²) in [5.41, 5.74) is 2.25. The number of carbonyl (C=O) groups excluding carboxylic acids is 4. The number of fused-ring (bicyclic) bond motifs is 2. The van der Waals surface area contributed by atoms with Gasteiger partial charge in [-0.05, 0) is 50.8 Å². The highest BCUT2D eigenvalue weighted by atomic mass is 16.2. The Morgan fingerprint density at radius 3 is 2.54 bits per heavy atom. The summed E-state index contributed by atoms with van der Waals surface area (Å²) in [5, 5.41) is 9.80. The number of carbonyl (C=O) groups is 4. The second-order valence-electron chi connectivity index (χ2n) is 11.9. The van der Waals surface area contributed by atoms with Crippen molar-refractivity contribution < 1.29 is 19.2 Å². The van der Waals surface area contributed by atoms with Gasteiger partial charge in [0.2, 0.25) is 11.8 Å². The van der Waals surface area contributed by atoms with Gasteiger partial charge in [-0.1, -0.05) is 48.5 Å². The molecule has 10 heteroatoms. The van der Waals surface area contributed by atoms with E-state index in [-0.39, 0.29) is 37.2 Å². The first-order valence-electron chi connectivity index (χ1n) is 14.2. The summed E-state index contributed by atoms with van der Waals surface area (Å²) in [6.45, 7) is 6.36. The summed E-state index contributed by atoms with van der Waals surface area (Å²) >= 11 is 0. The van der Waals surface area contributed by atoms with Crippen LogP contribution < -0.4 is 16.0 Å². The van der Waals surface area contributed by atoms with Crippen LogP contribution in [0.15, 0.2) is 60.8 Å². The zero-order valence-corrected chi connectivity index (χ0v) is 23.8. The Bertz CT molecular complexity index is 1430. The first kappa shape index (κ1) is 28.2. The van der Waals surface area contributed by atoms with Gasteiger partial charge in [-0.15, -0.1) is 0 Å². The third-order valence-corrected chi connectivity index (χ3v) is 7.66. The Labute approximate surface area is 239 Å². The van der Waals surface area contributed by atoms with E-state index < -0.39 is 29.7 Å². The maximum absolute atomic E-state index is 13.8. The number of amides is 6. The lowest BCUT2D eigenvalue weighted by atomic mass is 9.91. The predicted molar refractivity (Wildman–Crippen MR) is 156 cm³/mol. The highest BCUT2D eigenvalue weighted by molar-refractivity contribution is 5.98. The number of rotatable bonds is 7. The van der Waals surface area contributed by atoms with E-state index in [2.05, 4.69) is 20.9 Å². The fourth-order valence-electron chi connectivity index (χ4n) is 5.74. The predicted octanol–water partition coefficient (Wildman–Crippen LogP) is 3.68. The van der Waals surface area contributed by atoms with Crippen molar-refractivity contribution >= 4 is 34.8 Å². The molecule has 0 saturated carbocycles. The number of nitrogens with one attached hydrogen (secondary N) is 4. The number of piperidine rings is 1. The molecule has 5 rings (SSSR count). The van der Waals surface area contributed by atoms with Crippen molar-refractivity contribution in [1.29, 1.82) is 0 Å². The minimum atomic E-state index is -0.864. The zero-order valence-electron chi connectivity index (χ0n) is 23.8. The number of hydrogen-bond donors (Lipinski definition) is 4.